The van der Waals surface area contributed by atoms with Crippen LogP contribution in [0.15, 0.2) is 119 Å². The Labute approximate surface area is 221 Å². The first-order valence-electron chi connectivity index (χ1n) is 12.9. The fraction of sp³-hybridized carbons (Fsp3) is 0.0857. The average Bonchev–Trinajstić information content (AvgIpc) is 3.10. The number of hydrogen-bond donors (Lipinski definition) is 1. The maximum atomic E-state index is 14.0. The van der Waals surface area contributed by atoms with E-state index in [9.17, 15) is 8.78 Å². The molecule has 1 aliphatic heterocycles. The van der Waals surface area contributed by atoms with Gasteiger partial charge in [-0.25, -0.2) is 17.9 Å². The van der Waals surface area contributed by atoms with Gasteiger partial charge in [-0.1, -0.05) is 72.8 Å². The number of thiol groups is 1. The highest BCUT2D eigenvalue weighted by Gasteiger charge is 2.40. The van der Waals surface area contributed by atoms with Crippen molar-refractivity contribution in [3.05, 3.63) is 121 Å². The minimum atomic E-state index is -2.41. The molecule has 0 bridgehead atoms. The number of halogens is 2. The molecule has 0 unspecified atom stereocenters. The molecule has 0 amide bonds. The van der Waals surface area contributed by atoms with Crippen LogP contribution in [0, 0.1) is 11.6 Å². The lowest BCUT2D eigenvalue weighted by Gasteiger charge is -2.50. The Morgan fingerprint density at radius 1 is 0.447 bits per heavy atom. The SMILES string of the molecule is C[SH]1(C)(C)c2ccccc2-c2cc3c(-c4ccc(F)cc4)c4ccccc4c(-c4ccc(F)cc4)c3cc21. The smallest absolute Gasteiger partial charge is 0.123 e. The van der Waals surface area contributed by atoms with Crippen molar-refractivity contribution < 1.29 is 8.78 Å². The third-order valence-electron chi connectivity index (χ3n) is 8.29. The van der Waals surface area contributed by atoms with Gasteiger partial charge in [0.2, 0.25) is 0 Å². The monoisotopic (exact) mass is 518 g/mol. The normalized spacial score (nSPS) is 16.1. The number of fused-ring (bicyclic) bond motifs is 5. The van der Waals surface area contributed by atoms with Gasteiger partial charge in [-0.3, -0.25) is 0 Å². The van der Waals surface area contributed by atoms with Crippen molar-refractivity contribution in [1.29, 1.82) is 0 Å². The molecule has 0 spiro atoms. The Hall–Kier alpha value is -3.95. The van der Waals surface area contributed by atoms with Gasteiger partial charge in [-0.15, -0.1) is 0 Å². The molecule has 0 aromatic heterocycles. The number of rotatable bonds is 2. The molecule has 0 saturated heterocycles. The van der Waals surface area contributed by atoms with Crippen molar-refractivity contribution in [3.8, 4) is 33.4 Å². The maximum absolute atomic E-state index is 14.0. The van der Waals surface area contributed by atoms with Gasteiger partial charge in [0.15, 0.2) is 0 Å². The molecule has 0 fully saturated rings. The third kappa shape index (κ3) is 3.21. The van der Waals surface area contributed by atoms with E-state index >= 15 is 0 Å². The largest absolute Gasteiger partial charge is 0.247 e. The predicted octanol–water partition coefficient (Wildman–Crippen LogP) is 9.97. The molecule has 188 valence electrons. The molecule has 1 aliphatic rings. The Kier molecular flexibility index (Phi) is 4.75. The first-order valence-corrected chi connectivity index (χ1v) is 16.4. The van der Waals surface area contributed by atoms with Crippen molar-refractivity contribution in [2.45, 2.75) is 9.79 Å². The van der Waals surface area contributed by atoms with Crippen molar-refractivity contribution >= 4 is 30.7 Å². The van der Waals surface area contributed by atoms with Crippen LogP contribution in [0.2, 0.25) is 0 Å². The highest BCUT2D eigenvalue weighted by molar-refractivity contribution is 8.48. The minimum Gasteiger partial charge on any atom is -0.247 e. The van der Waals surface area contributed by atoms with Gasteiger partial charge in [-0.05, 0) is 120 Å². The molecule has 3 heteroatoms. The Balaban J connectivity index is 1.72. The van der Waals surface area contributed by atoms with Crippen LogP contribution in [-0.2, 0) is 0 Å². The van der Waals surface area contributed by atoms with E-state index in [0.717, 1.165) is 43.8 Å². The van der Waals surface area contributed by atoms with E-state index < -0.39 is 9.16 Å². The van der Waals surface area contributed by atoms with Crippen molar-refractivity contribution in [2.24, 2.45) is 0 Å². The van der Waals surface area contributed by atoms with Gasteiger partial charge in [0.05, 0.1) is 0 Å². The molecule has 38 heavy (non-hydrogen) atoms. The summed E-state index contributed by atoms with van der Waals surface area (Å²) < 4.78 is 28.0. The summed E-state index contributed by atoms with van der Waals surface area (Å²) in [5.41, 5.74) is 6.74. The number of benzene rings is 6. The first kappa shape index (κ1) is 23.2. The second kappa shape index (κ2) is 7.78. The van der Waals surface area contributed by atoms with Crippen LogP contribution in [0.1, 0.15) is 0 Å². The van der Waals surface area contributed by atoms with E-state index in [1.54, 1.807) is 0 Å². The molecule has 0 N–H and O–H groups in total. The van der Waals surface area contributed by atoms with Gasteiger partial charge in [0.25, 0.3) is 0 Å². The molecule has 6 aromatic rings. The van der Waals surface area contributed by atoms with Gasteiger partial charge in [0.1, 0.15) is 11.6 Å². The molecule has 0 radical (unpaired) electrons. The maximum Gasteiger partial charge on any atom is 0.123 e. The second-order valence-electron chi connectivity index (χ2n) is 11.5. The zero-order chi connectivity index (χ0) is 26.3. The summed E-state index contributed by atoms with van der Waals surface area (Å²) in [5.74, 6) is -0.498. The third-order valence-corrected chi connectivity index (χ3v) is 12.4. The van der Waals surface area contributed by atoms with E-state index in [1.165, 1.54) is 45.2 Å². The highest BCUT2D eigenvalue weighted by atomic mass is 32.3. The number of hydrogen-bond acceptors (Lipinski definition) is 0. The molecule has 0 nitrogen and oxygen atoms in total. The van der Waals surface area contributed by atoms with E-state index in [-0.39, 0.29) is 11.6 Å². The molecule has 0 atom stereocenters. The van der Waals surface area contributed by atoms with Crippen LogP contribution in [0.4, 0.5) is 8.78 Å². The topological polar surface area (TPSA) is 0 Å². The van der Waals surface area contributed by atoms with Gasteiger partial charge >= 0.3 is 0 Å². The van der Waals surface area contributed by atoms with Gasteiger partial charge in [-0.2, -0.15) is 0 Å². The van der Waals surface area contributed by atoms with Gasteiger partial charge < -0.3 is 0 Å². The summed E-state index contributed by atoms with van der Waals surface area (Å²) in [6, 6.07) is 35.6. The Morgan fingerprint density at radius 3 is 1.47 bits per heavy atom. The molecule has 6 aromatic carbocycles. The van der Waals surface area contributed by atoms with E-state index in [0.29, 0.717) is 0 Å². The lowest BCUT2D eigenvalue weighted by Crippen LogP contribution is -2.10. The Morgan fingerprint density at radius 2 is 0.921 bits per heavy atom. The van der Waals surface area contributed by atoms with Crippen LogP contribution in [-0.4, -0.2) is 18.8 Å². The van der Waals surface area contributed by atoms with Crippen molar-refractivity contribution in [2.75, 3.05) is 18.8 Å². The van der Waals surface area contributed by atoms with Crippen LogP contribution in [0.3, 0.4) is 0 Å². The van der Waals surface area contributed by atoms with E-state index in [1.807, 2.05) is 24.3 Å². The lowest BCUT2D eigenvalue weighted by molar-refractivity contribution is 0.627. The van der Waals surface area contributed by atoms with Crippen LogP contribution in [0.5, 0.6) is 0 Å². The quantitative estimate of drug-likeness (QED) is 0.171. The van der Waals surface area contributed by atoms with Crippen molar-refractivity contribution in [3.63, 3.8) is 0 Å². The summed E-state index contributed by atoms with van der Waals surface area (Å²) in [6.45, 7) is 0. The lowest BCUT2D eigenvalue weighted by atomic mass is 9.85. The van der Waals surface area contributed by atoms with E-state index in [2.05, 4.69) is 79.4 Å². The summed E-state index contributed by atoms with van der Waals surface area (Å²) >= 11 is 0. The second-order valence-corrected chi connectivity index (χ2v) is 18.1. The van der Waals surface area contributed by atoms with Gasteiger partial charge in [0, 0.05) is 0 Å². The molecule has 0 aliphatic carbocycles. The standard InChI is InChI=1S/C35H28F2S/c1-38(2,3)32-11-7-6-8-26(32)29-20-30-31(21-33(29)38)35(23-14-18-25(37)19-15-23)28-10-5-4-9-27(28)34(30)22-12-16-24(36)17-13-22/h4-21,38H,1-3H3. The summed E-state index contributed by atoms with van der Waals surface area (Å²) in [6.07, 6.45) is 7.30. The molecular formula is C35H28F2S. The van der Waals surface area contributed by atoms with Crippen LogP contribution in [0.25, 0.3) is 54.9 Å². The fourth-order valence-corrected chi connectivity index (χ4v) is 9.96. The molecular weight excluding hydrogens is 490 g/mol. The predicted molar refractivity (Wildman–Crippen MR) is 161 cm³/mol. The molecule has 7 rings (SSSR count). The van der Waals surface area contributed by atoms with E-state index in [4.69, 9.17) is 0 Å². The average molecular weight is 519 g/mol. The highest BCUT2D eigenvalue weighted by Crippen LogP contribution is 2.80. The Bertz CT molecular complexity index is 1910. The summed E-state index contributed by atoms with van der Waals surface area (Å²) in [7, 11) is -2.41. The summed E-state index contributed by atoms with van der Waals surface area (Å²) in [4.78, 5) is 2.83. The summed E-state index contributed by atoms with van der Waals surface area (Å²) in [5, 5.41) is 4.46. The van der Waals surface area contributed by atoms with Crippen LogP contribution < -0.4 is 0 Å². The first-order chi connectivity index (χ1) is 18.2. The zero-order valence-electron chi connectivity index (χ0n) is 21.6. The van der Waals surface area contributed by atoms with Crippen LogP contribution >= 0.6 is 9.16 Å². The molecule has 0 saturated carbocycles. The fourth-order valence-electron chi connectivity index (χ4n) is 6.44. The van der Waals surface area contributed by atoms with Crippen molar-refractivity contribution in [1.82, 2.24) is 0 Å². The minimum absolute atomic E-state index is 0.248. The molecule has 1 heterocycles. The zero-order valence-corrected chi connectivity index (χ0v) is 22.5.